The van der Waals surface area contributed by atoms with Gasteiger partial charge in [-0.05, 0) is 12.5 Å². The highest BCUT2D eigenvalue weighted by atomic mass is 16.3. The smallest absolute Gasteiger partial charge is 0.166 e. The lowest BCUT2D eigenvalue weighted by atomic mass is 10.1. The molecule has 0 amide bonds. The van der Waals surface area contributed by atoms with E-state index in [-0.39, 0.29) is 13.2 Å². The molecule has 4 nitrogen and oxygen atoms in total. The molecule has 0 aromatic carbocycles. The van der Waals surface area contributed by atoms with Crippen LogP contribution >= 0.6 is 0 Å². The molecule has 0 aliphatic rings. The zero-order valence-electron chi connectivity index (χ0n) is 6.79. The largest absolute Gasteiger partial charge is 0.392 e. The van der Waals surface area contributed by atoms with Crippen LogP contribution in [-0.2, 0) is 13.2 Å². The summed E-state index contributed by atoms with van der Waals surface area (Å²) in [5.41, 5.74) is 2.25. The minimum atomic E-state index is -0.184. The standard InChI is InChI=1S/C8H11NO3/c1-5-6(2-10)8(4-12)9-7(5)3-11/h4,9-11H,2-3H2,1H3. The van der Waals surface area contributed by atoms with Crippen molar-refractivity contribution in [3.63, 3.8) is 0 Å². The Morgan fingerprint density at radius 3 is 2.42 bits per heavy atom. The van der Waals surface area contributed by atoms with Crippen LogP contribution in [0.5, 0.6) is 0 Å². The fourth-order valence-electron chi connectivity index (χ4n) is 1.18. The maximum Gasteiger partial charge on any atom is 0.166 e. The molecule has 0 aliphatic carbocycles. The highest BCUT2D eigenvalue weighted by Gasteiger charge is 2.11. The van der Waals surface area contributed by atoms with Gasteiger partial charge in [-0.25, -0.2) is 0 Å². The third-order valence-electron chi connectivity index (χ3n) is 1.95. The Balaban J connectivity index is 3.22. The normalized spacial score (nSPS) is 10.2. The molecule has 0 fully saturated rings. The molecule has 0 atom stereocenters. The third kappa shape index (κ3) is 1.26. The van der Waals surface area contributed by atoms with Crippen LogP contribution < -0.4 is 0 Å². The van der Waals surface area contributed by atoms with Crippen LogP contribution in [-0.4, -0.2) is 21.5 Å². The summed E-state index contributed by atoms with van der Waals surface area (Å²) >= 11 is 0. The summed E-state index contributed by atoms with van der Waals surface area (Å²) in [5.74, 6) is 0. The maximum absolute atomic E-state index is 10.4. The average molecular weight is 169 g/mol. The van der Waals surface area contributed by atoms with Crippen molar-refractivity contribution >= 4 is 6.29 Å². The van der Waals surface area contributed by atoms with Crippen molar-refractivity contribution in [1.29, 1.82) is 0 Å². The van der Waals surface area contributed by atoms with Gasteiger partial charge in [-0.1, -0.05) is 0 Å². The number of aldehydes is 1. The zero-order chi connectivity index (χ0) is 9.14. The van der Waals surface area contributed by atoms with Crippen LogP contribution in [0.2, 0.25) is 0 Å². The summed E-state index contributed by atoms with van der Waals surface area (Å²) in [6, 6.07) is 0. The van der Waals surface area contributed by atoms with E-state index < -0.39 is 0 Å². The van der Waals surface area contributed by atoms with Gasteiger partial charge in [0.1, 0.15) is 0 Å². The number of aromatic nitrogens is 1. The van der Waals surface area contributed by atoms with E-state index >= 15 is 0 Å². The van der Waals surface area contributed by atoms with Crippen molar-refractivity contribution in [3.8, 4) is 0 Å². The Bertz CT molecular complexity index is 291. The number of hydrogen-bond acceptors (Lipinski definition) is 3. The average Bonchev–Trinajstić information content (AvgIpc) is 2.41. The molecule has 0 unspecified atom stereocenters. The van der Waals surface area contributed by atoms with Gasteiger partial charge < -0.3 is 15.2 Å². The molecular weight excluding hydrogens is 158 g/mol. The first-order chi connectivity index (χ1) is 5.74. The van der Waals surface area contributed by atoms with Gasteiger partial charge >= 0.3 is 0 Å². The van der Waals surface area contributed by atoms with Gasteiger partial charge in [0.15, 0.2) is 6.29 Å². The molecule has 1 heterocycles. The molecule has 0 saturated heterocycles. The highest BCUT2D eigenvalue weighted by molar-refractivity contribution is 5.75. The highest BCUT2D eigenvalue weighted by Crippen LogP contribution is 2.16. The van der Waals surface area contributed by atoms with Gasteiger partial charge in [0.2, 0.25) is 0 Å². The van der Waals surface area contributed by atoms with E-state index in [1.807, 2.05) is 0 Å². The lowest BCUT2D eigenvalue weighted by Gasteiger charge is -1.94. The van der Waals surface area contributed by atoms with Gasteiger partial charge in [0, 0.05) is 11.3 Å². The van der Waals surface area contributed by atoms with Crippen molar-refractivity contribution in [3.05, 3.63) is 22.5 Å². The van der Waals surface area contributed by atoms with E-state index in [1.165, 1.54) is 0 Å². The van der Waals surface area contributed by atoms with Crippen molar-refractivity contribution in [1.82, 2.24) is 4.98 Å². The van der Waals surface area contributed by atoms with E-state index in [1.54, 1.807) is 6.92 Å². The second-order valence-corrected chi connectivity index (χ2v) is 2.55. The molecule has 1 aromatic heterocycles. The Kier molecular flexibility index (Phi) is 2.62. The molecule has 0 radical (unpaired) electrons. The first-order valence-electron chi connectivity index (χ1n) is 3.61. The van der Waals surface area contributed by atoms with E-state index in [4.69, 9.17) is 10.2 Å². The fraction of sp³-hybridized carbons (Fsp3) is 0.375. The van der Waals surface area contributed by atoms with Gasteiger partial charge in [-0.2, -0.15) is 0 Å². The van der Waals surface area contributed by atoms with Gasteiger partial charge in [0.25, 0.3) is 0 Å². The van der Waals surface area contributed by atoms with Gasteiger partial charge in [0.05, 0.1) is 18.9 Å². The molecule has 12 heavy (non-hydrogen) atoms. The SMILES string of the molecule is Cc1c(CO)[nH]c(C=O)c1CO. The minimum Gasteiger partial charge on any atom is -0.392 e. The first kappa shape index (κ1) is 8.96. The van der Waals surface area contributed by atoms with Crippen LogP contribution in [0.3, 0.4) is 0 Å². The number of aliphatic hydroxyl groups excluding tert-OH is 2. The number of aliphatic hydroxyl groups is 2. The van der Waals surface area contributed by atoms with Gasteiger partial charge in [-0.15, -0.1) is 0 Å². The summed E-state index contributed by atoms with van der Waals surface area (Å²) in [4.78, 5) is 13.2. The summed E-state index contributed by atoms with van der Waals surface area (Å²) in [5, 5.41) is 17.7. The Labute approximate surface area is 69.9 Å². The predicted octanol–water partition coefficient (Wildman–Crippen LogP) is 0.120. The van der Waals surface area contributed by atoms with Crippen molar-refractivity contribution in [2.45, 2.75) is 20.1 Å². The Morgan fingerprint density at radius 1 is 1.42 bits per heavy atom. The number of rotatable bonds is 3. The quantitative estimate of drug-likeness (QED) is 0.563. The topological polar surface area (TPSA) is 73.3 Å². The summed E-state index contributed by atoms with van der Waals surface area (Å²) in [6.07, 6.45) is 0.637. The number of nitrogens with one attached hydrogen (secondary N) is 1. The van der Waals surface area contributed by atoms with Crippen LogP contribution in [0, 0.1) is 6.92 Å². The zero-order valence-corrected chi connectivity index (χ0v) is 6.79. The molecule has 3 N–H and O–H groups in total. The number of aromatic amines is 1. The van der Waals surface area contributed by atoms with Crippen LogP contribution in [0.25, 0.3) is 0 Å². The van der Waals surface area contributed by atoms with Crippen molar-refractivity contribution in [2.75, 3.05) is 0 Å². The van der Waals surface area contributed by atoms with Crippen molar-refractivity contribution in [2.24, 2.45) is 0 Å². The monoisotopic (exact) mass is 169 g/mol. The van der Waals surface area contributed by atoms with Gasteiger partial charge in [-0.3, -0.25) is 4.79 Å². The van der Waals surface area contributed by atoms with Crippen LogP contribution in [0.4, 0.5) is 0 Å². The molecule has 0 bridgehead atoms. The lowest BCUT2D eigenvalue weighted by molar-refractivity contribution is 0.111. The molecule has 0 aliphatic heterocycles. The van der Waals surface area contributed by atoms with Crippen LogP contribution in [0.15, 0.2) is 0 Å². The molecule has 4 heteroatoms. The third-order valence-corrected chi connectivity index (χ3v) is 1.95. The Morgan fingerprint density at radius 2 is 2.08 bits per heavy atom. The molecule has 1 rings (SSSR count). The number of H-pyrrole nitrogens is 1. The predicted molar refractivity (Wildman–Crippen MR) is 42.8 cm³/mol. The summed E-state index contributed by atoms with van der Waals surface area (Å²) < 4.78 is 0. The van der Waals surface area contributed by atoms with E-state index in [2.05, 4.69) is 4.98 Å². The molecular formula is C8H11NO3. The summed E-state index contributed by atoms with van der Waals surface area (Å²) in [6.45, 7) is 1.42. The molecule has 66 valence electrons. The fourth-order valence-corrected chi connectivity index (χ4v) is 1.18. The van der Waals surface area contributed by atoms with Crippen molar-refractivity contribution < 1.29 is 15.0 Å². The van der Waals surface area contributed by atoms with Crippen LogP contribution in [0.1, 0.15) is 27.3 Å². The number of carbonyl (C=O) groups excluding carboxylic acids is 1. The second-order valence-electron chi connectivity index (χ2n) is 2.55. The number of carbonyl (C=O) groups is 1. The molecule has 1 aromatic rings. The summed E-state index contributed by atoms with van der Waals surface area (Å²) in [7, 11) is 0. The second kappa shape index (κ2) is 3.51. The Hall–Kier alpha value is -1.13. The van der Waals surface area contributed by atoms with E-state index in [0.29, 0.717) is 23.2 Å². The van der Waals surface area contributed by atoms with E-state index in [9.17, 15) is 4.79 Å². The maximum atomic E-state index is 10.4. The molecule has 0 spiro atoms. The van der Waals surface area contributed by atoms with E-state index in [0.717, 1.165) is 5.56 Å². The first-order valence-corrected chi connectivity index (χ1v) is 3.61. The minimum absolute atomic E-state index is 0.146. The number of hydrogen-bond donors (Lipinski definition) is 3. The lowest BCUT2D eigenvalue weighted by Crippen LogP contribution is -1.89. The molecule has 0 saturated carbocycles.